The van der Waals surface area contributed by atoms with Gasteiger partial charge in [-0.1, -0.05) is 17.1 Å². The van der Waals surface area contributed by atoms with Gasteiger partial charge in [0.05, 0.1) is 0 Å². The van der Waals surface area contributed by atoms with E-state index in [1.54, 1.807) is 0 Å². The molecule has 0 saturated heterocycles. The number of hydrogen-bond donors (Lipinski definition) is 1. The van der Waals surface area contributed by atoms with Crippen molar-refractivity contribution in [3.05, 3.63) is 0 Å². The lowest BCUT2D eigenvalue weighted by atomic mass is 10.4. The van der Waals surface area contributed by atoms with Gasteiger partial charge in [0.25, 0.3) is 0 Å². The zero-order valence-corrected chi connectivity index (χ0v) is 7.45. The summed E-state index contributed by atoms with van der Waals surface area (Å²) in [6.07, 6.45) is 1.05. The Kier molecular flexibility index (Phi) is 2.90. The van der Waals surface area contributed by atoms with E-state index in [1.807, 2.05) is 11.8 Å². The highest BCUT2D eigenvalue weighted by Crippen LogP contribution is 2.12. The Bertz CT molecular complexity index is 235. The van der Waals surface area contributed by atoms with E-state index in [-0.39, 0.29) is 6.01 Å². The number of aromatic nitrogens is 2. The molecule has 0 saturated carbocycles. The summed E-state index contributed by atoms with van der Waals surface area (Å²) in [7, 11) is 0. The van der Waals surface area contributed by atoms with Gasteiger partial charge in [-0.15, -0.1) is 0 Å². The van der Waals surface area contributed by atoms with E-state index >= 15 is 0 Å². The molecule has 1 aromatic heterocycles. The predicted octanol–water partition coefficient (Wildman–Crippen LogP) is 0.888. The molecule has 0 unspecified atom stereocenters. The highest BCUT2D eigenvalue weighted by atomic mass is 16.4. The van der Waals surface area contributed by atoms with Gasteiger partial charge >= 0.3 is 12.0 Å². The Morgan fingerprint density at radius 1 is 1.42 bits per heavy atom. The fraction of sp³-hybridized carbons (Fsp3) is 0.714. The van der Waals surface area contributed by atoms with E-state index in [2.05, 4.69) is 17.1 Å². The predicted molar refractivity (Wildman–Crippen MR) is 46.9 cm³/mol. The first-order valence-electron chi connectivity index (χ1n) is 4.11. The lowest BCUT2D eigenvalue weighted by molar-refractivity contribution is 0.548. The number of nitrogens with zero attached hydrogens (tertiary/aromatic N) is 3. The van der Waals surface area contributed by atoms with Crippen molar-refractivity contribution < 1.29 is 4.42 Å². The molecule has 5 heteroatoms. The minimum absolute atomic E-state index is 0.125. The molecular formula is C7H14N4O. The molecule has 0 atom stereocenters. The van der Waals surface area contributed by atoms with Crippen molar-refractivity contribution in [2.45, 2.75) is 20.3 Å². The lowest BCUT2D eigenvalue weighted by Crippen LogP contribution is -2.23. The molecule has 1 heterocycles. The topological polar surface area (TPSA) is 68.2 Å². The molecule has 1 rings (SSSR count). The SMILES string of the molecule is CCCN(CC)c1nnc(N)o1. The molecule has 12 heavy (non-hydrogen) atoms. The lowest BCUT2D eigenvalue weighted by Gasteiger charge is -2.15. The fourth-order valence-electron chi connectivity index (χ4n) is 1.01. The number of anilines is 2. The quantitative estimate of drug-likeness (QED) is 0.726. The monoisotopic (exact) mass is 170 g/mol. The molecule has 0 aromatic carbocycles. The summed E-state index contributed by atoms with van der Waals surface area (Å²) in [6, 6.07) is 0.636. The molecule has 0 aliphatic carbocycles. The summed E-state index contributed by atoms with van der Waals surface area (Å²) in [5.74, 6) is 0. The normalized spacial score (nSPS) is 10.2. The number of rotatable bonds is 4. The van der Waals surface area contributed by atoms with Crippen molar-refractivity contribution in [3.8, 4) is 0 Å². The van der Waals surface area contributed by atoms with Crippen LogP contribution in [0.5, 0.6) is 0 Å². The Morgan fingerprint density at radius 2 is 2.17 bits per heavy atom. The maximum absolute atomic E-state index is 5.30. The van der Waals surface area contributed by atoms with Crippen molar-refractivity contribution in [2.75, 3.05) is 23.7 Å². The van der Waals surface area contributed by atoms with Gasteiger partial charge < -0.3 is 15.1 Å². The maximum Gasteiger partial charge on any atom is 0.319 e. The zero-order chi connectivity index (χ0) is 8.97. The first kappa shape index (κ1) is 8.83. The third kappa shape index (κ3) is 1.87. The number of hydrogen-bond acceptors (Lipinski definition) is 5. The van der Waals surface area contributed by atoms with Crippen LogP contribution < -0.4 is 10.6 Å². The fourth-order valence-corrected chi connectivity index (χ4v) is 1.01. The second-order valence-electron chi connectivity index (χ2n) is 2.50. The Hall–Kier alpha value is -1.26. The Morgan fingerprint density at radius 3 is 2.58 bits per heavy atom. The van der Waals surface area contributed by atoms with Crippen molar-refractivity contribution >= 4 is 12.0 Å². The highest BCUT2D eigenvalue weighted by molar-refractivity contribution is 5.26. The maximum atomic E-state index is 5.30. The first-order chi connectivity index (χ1) is 5.77. The van der Waals surface area contributed by atoms with Crippen LogP contribution >= 0.6 is 0 Å². The van der Waals surface area contributed by atoms with E-state index in [0.717, 1.165) is 19.5 Å². The third-order valence-electron chi connectivity index (χ3n) is 1.58. The molecule has 2 N–H and O–H groups in total. The Labute approximate surface area is 71.6 Å². The molecule has 0 bridgehead atoms. The van der Waals surface area contributed by atoms with E-state index < -0.39 is 0 Å². The van der Waals surface area contributed by atoms with Crippen molar-refractivity contribution in [1.82, 2.24) is 10.2 Å². The third-order valence-corrected chi connectivity index (χ3v) is 1.58. The van der Waals surface area contributed by atoms with Gasteiger partial charge in [0.15, 0.2) is 0 Å². The van der Waals surface area contributed by atoms with E-state index in [1.165, 1.54) is 0 Å². The minimum atomic E-state index is 0.125. The van der Waals surface area contributed by atoms with E-state index in [9.17, 15) is 0 Å². The average molecular weight is 170 g/mol. The van der Waals surface area contributed by atoms with Crippen LogP contribution in [0.3, 0.4) is 0 Å². The number of nitrogens with two attached hydrogens (primary N) is 1. The zero-order valence-electron chi connectivity index (χ0n) is 7.45. The molecule has 0 fully saturated rings. The molecule has 1 aromatic rings. The minimum Gasteiger partial charge on any atom is -0.390 e. The number of nitrogen functional groups attached to an aromatic ring is 1. The molecular weight excluding hydrogens is 156 g/mol. The van der Waals surface area contributed by atoms with Crippen LogP contribution in [0.25, 0.3) is 0 Å². The summed E-state index contributed by atoms with van der Waals surface area (Å²) in [6.45, 7) is 5.91. The summed E-state index contributed by atoms with van der Waals surface area (Å²) in [5.41, 5.74) is 5.30. The van der Waals surface area contributed by atoms with Crippen LogP contribution in [-0.2, 0) is 0 Å². The molecule has 0 aliphatic rings. The van der Waals surface area contributed by atoms with Gasteiger partial charge in [0.1, 0.15) is 0 Å². The van der Waals surface area contributed by atoms with Crippen LogP contribution in [0.1, 0.15) is 20.3 Å². The van der Waals surface area contributed by atoms with Gasteiger partial charge in [0, 0.05) is 13.1 Å². The van der Waals surface area contributed by atoms with Crippen LogP contribution in [0.4, 0.5) is 12.0 Å². The Balaban J connectivity index is 2.66. The second kappa shape index (κ2) is 3.94. The average Bonchev–Trinajstić information content (AvgIpc) is 2.47. The van der Waals surface area contributed by atoms with Crippen LogP contribution in [0.15, 0.2) is 4.42 Å². The van der Waals surface area contributed by atoms with E-state index in [4.69, 9.17) is 10.2 Å². The second-order valence-corrected chi connectivity index (χ2v) is 2.50. The smallest absolute Gasteiger partial charge is 0.319 e. The largest absolute Gasteiger partial charge is 0.390 e. The summed E-state index contributed by atoms with van der Waals surface area (Å²) < 4.78 is 5.07. The van der Waals surface area contributed by atoms with Gasteiger partial charge in [-0.25, -0.2) is 0 Å². The van der Waals surface area contributed by atoms with Crippen molar-refractivity contribution in [2.24, 2.45) is 0 Å². The standard InChI is InChI=1S/C7H14N4O/c1-3-5-11(4-2)7-10-9-6(8)12-7/h3-5H2,1-2H3,(H2,8,9). The summed E-state index contributed by atoms with van der Waals surface area (Å²) in [4.78, 5) is 1.99. The van der Waals surface area contributed by atoms with Gasteiger partial charge in [-0.05, 0) is 13.3 Å². The summed E-state index contributed by atoms with van der Waals surface area (Å²) >= 11 is 0. The van der Waals surface area contributed by atoms with Gasteiger partial charge in [0.2, 0.25) is 0 Å². The van der Waals surface area contributed by atoms with Crippen LogP contribution in [0.2, 0.25) is 0 Å². The first-order valence-corrected chi connectivity index (χ1v) is 4.11. The molecule has 0 aliphatic heterocycles. The van der Waals surface area contributed by atoms with E-state index in [0.29, 0.717) is 6.01 Å². The summed E-state index contributed by atoms with van der Waals surface area (Å²) in [5, 5.41) is 7.38. The highest BCUT2D eigenvalue weighted by Gasteiger charge is 2.09. The van der Waals surface area contributed by atoms with Crippen molar-refractivity contribution in [1.29, 1.82) is 0 Å². The van der Waals surface area contributed by atoms with Gasteiger partial charge in [-0.2, -0.15) is 0 Å². The molecule has 0 spiro atoms. The molecule has 5 nitrogen and oxygen atoms in total. The molecule has 0 radical (unpaired) electrons. The van der Waals surface area contributed by atoms with Crippen LogP contribution in [0, 0.1) is 0 Å². The molecule has 0 amide bonds. The molecule has 68 valence electrons. The van der Waals surface area contributed by atoms with Crippen molar-refractivity contribution in [3.63, 3.8) is 0 Å². The van der Waals surface area contributed by atoms with Crippen LogP contribution in [-0.4, -0.2) is 23.3 Å². The van der Waals surface area contributed by atoms with Gasteiger partial charge in [-0.3, -0.25) is 0 Å².